The Balaban J connectivity index is 1.42. The molecule has 0 aliphatic rings. The molecule has 8 nitrogen and oxygen atoms in total. The second-order valence-corrected chi connectivity index (χ2v) is 9.79. The smallest absolute Gasteiger partial charge is 0.259 e. The van der Waals surface area contributed by atoms with Crippen molar-refractivity contribution in [2.45, 2.75) is 19.3 Å². The number of sulfonamides is 1. The number of ether oxygens (including phenoxy) is 1. The van der Waals surface area contributed by atoms with Crippen molar-refractivity contribution in [2.24, 2.45) is 0 Å². The number of rotatable bonds is 10. The number of fused-ring (bicyclic) bond motifs is 1. The molecule has 4 aromatic rings. The van der Waals surface area contributed by atoms with Gasteiger partial charge >= 0.3 is 0 Å². The zero-order chi connectivity index (χ0) is 24.8. The quantitative estimate of drug-likeness (QED) is 0.326. The Bertz CT molecular complexity index is 1460. The summed E-state index contributed by atoms with van der Waals surface area (Å²) >= 11 is 0. The van der Waals surface area contributed by atoms with E-state index in [1.54, 1.807) is 48.5 Å². The zero-order valence-electron chi connectivity index (χ0n) is 19.3. The van der Waals surface area contributed by atoms with Crippen molar-refractivity contribution in [1.29, 1.82) is 0 Å². The second-order valence-electron chi connectivity index (χ2n) is 7.99. The number of carbonyl (C=O) groups excluding carboxylic acids is 1. The molecule has 0 atom stereocenters. The van der Waals surface area contributed by atoms with Gasteiger partial charge < -0.3 is 14.5 Å². The van der Waals surface area contributed by atoms with Gasteiger partial charge in [-0.2, -0.15) is 0 Å². The van der Waals surface area contributed by atoms with E-state index >= 15 is 0 Å². The van der Waals surface area contributed by atoms with Gasteiger partial charge in [0, 0.05) is 24.6 Å². The van der Waals surface area contributed by atoms with Crippen molar-refractivity contribution < 1.29 is 17.9 Å². The summed E-state index contributed by atoms with van der Waals surface area (Å²) in [7, 11) is -3.45. The Morgan fingerprint density at radius 3 is 2.63 bits per heavy atom. The molecule has 1 amide bonds. The molecule has 180 valence electrons. The van der Waals surface area contributed by atoms with Gasteiger partial charge in [0.2, 0.25) is 10.0 Å². The summed E-state index contributed by atoms with van der Waals surface area (Å²) in [5.41, 5.74) is 4.21. The van der Waals surface area contributed by atoms with Crippen LogP contribution in [-0.4, -0.2) is 30.3 Å². The minimum Gasteiger partial charge on any atom is -0.486 e. The van der Waals surface area contributed by atoms with Crippen LogP contribution in [-0.2, 0) is 22.4 Å². The van der Waals surface area contributed by atoms with Gasteiger partial charge in [-0.15, -0.1) is 6.58 Å². The number of nitrogens with zero attached hydrogens (tertiary/aromatic N) is 2. The van der Waals surface area contributed by atoms with E-state index in [1.807, 2.05) is 35.9 Å². The molecule has 4 rings (SSSR count). The molecular formula is C26H26N4O4S. The van der Waals surface area contributed by atoms with Gasteiger partial charge in [-0.1, -0.05) is 36.4 Å². The topological polar surface area (TPSA) is 102 Å². The standard InChI is InChI=1S/C26H26N4O4S/c1-3-14-27-35(32,33)18-20-10-12-21(13-11-20)29-26(31)23-8-4-5-9-24(23)34-17-22-16-30-15-6-7-19(2)25(30)28-22/h3-13,15-16,27H,1,14,17-18H2,2H3,(H,29,31). The fraction of sp³-hybridized carbons (Fsp3) is 0.154. The van der Waals surface area contributed by atoms with Gasteiger partial charge in [0.25, 0.3) is 5.91 Å². The van der Waals surface area contributed by atoms with Crippen LogP contribution in [0.2, 0.25) is 0 Å². The summed E-state index contributed by atoms with van der Waals surface area (Å²) in [4.78, 5) is 17.5. The van der Waals surface area contributed by atoms with Crippen LogP contribution >= 0.6 is 0 Å². The van der Waals surface area contributed by atoms with E-state index in [9.17, 15) is 13.2 Å². The van der Waals surface area contributed by atoms with Gasteiger partial charge in [0.1, 0.15) is 18.0 Å². The van der Waals surface area contributed by atoms with E-state index in [0.29, 0.717) is 22.6 Å². The van der Waals surface area contributed by atoms with Gasteiger partial charge in [0.05, 0.1) is 17.0 Å². The van der Waals surface area contributed by atoms with Crippen molar-refractivity contribution in [3.8, 4) is 5.75 Å². The highest BCUT2D eigenvalue weighted by Gasteiger charge is 2.14. The highest BCUT2D eigenvalue weighted by Crippen LogP contribution is 2.22. The summed E-state index contributed by atoms with van der Waals surface area (Å²) in [5.74, 6) is -0.0526. The summed E-state index contributed by atoms with van der Waals surface area (Å²) in [6, 6.07) is 17.6. The number of amides is 1. The fourth-order valence-electron chi connectivity index (χ4n) is 3.54. The lowest BCUT2D eigenvalue weighted by molar-refractivity contribution is 0.102. The molecule has 0 saturated heterocycles. The minimum absolute atomic E-state index is 0.158. The number of hydrogen-bond acceptors (Lipinski definition) is 5. The van der Waals surface area contributed by atoms with Crippen LogP contribution in [0.3, 0.4) is 0 Å². The lowest BCUT2D eigenvalue weighted by Crippen LogP contribution is -2.25. The van der Waals surface area contributed by atoms with Gasteiger partial charge in [-0.3, -0.25) is 4.79 Å². The molecule has 0 unspecified atom stereocenters. The van der Waals surface area contributed by atoms with E-state index in [1.165, 1.54) is 6.08 Å². The Kier molecular flexibility index (Phi) is 7.28. The van der Waals surface area contributed by atoms with Crippen LogP contribution in [0.25, 0.3) is 5.65 Å². The molecule has 0 fully saturated rings. The van der Waals surface area contributed by atoms with Crippen molar-refractivity contribution in [3.05, 3.63) is 108 Å². The fourth-order valence-corrected chi connectivity index (χ4v) is 4.65. The highest BCUT2D eigenvalue weighted by molar-refractivity contribution is 7.88. The van der Waals surface area contributed by atoms with Crippen molar-refractivity contribution in [2.75, 3.05) is 11.9 Å². The van der Waals surface area contributed by atoms with Crippen LogP contribution in [0.5, 0.6) is 5.75 Å². The van der Waals surface area contributed by atoms with E-state index < -0.39 is 10.0 Å². The van der Waals surface area contributed by atoms with Gasteiger partial charge in [-0.05, 0) is 48.4 Å². The average molecular weight is 491 g/mol. The molecule has 0 spiro atoms. The molecule has 35 heavy (non-hydrogen) atoms. The van der Waals surface area contributed by atoms with E-state index in [-0.39, 0.29) is 24.8 Å². The summed E-state index contributed by atoms with van der Waals surface area (Å²) < 4.78 is 34.4. The molecule has 2 heterocycles. The second kappa shape index (κ2) is 10.5. The Morgan fingerprint density at radius 1 is 1.11 bits per heavy atom. The van der Waals surface area contributed by atoms with Crippen LogP contribution < -0.4 is 14.8 Å². The van der Waals surface area contributed by atoms with Crippen LogP contribution in [0.4, 0.5) is 5.69 Å². The number of hydrogen-bond donors (Lipinski definition) is 2. The zero-order valence-corrected chi connectivity index (χ0v) is 20.1. The largest absolute Gasteiger partial charge is 0.486 e. The number of anilines is 1. The normalized spacial score (nSPS) is 11.3. The number of aryl methyl sites for hydroxylation is 1. The molecule has 0 bridgehead atoms. The lowest BCUT2D eigenvalue weighted by atomic mass is 10.1. The first-order valence-electron chi connectivity index (χ1n) is 11.0. The molecule has 0 aliphatic heterocycles. The highest BCUT2D eigenvalue weighted by atomic mass is 32.2. The number of nitrogens with one attached hydrogen (secondary N) is 2. The summed E-state index contributed by atoms with van der Waals surface area (Å²) in [6.07, 6.45) is 5.31. The third-order valence-electron chi connectivity index (χ3n) is 5.25. The van der Waals surface area contributed by atoms with Crippen LogP contribution in [0.15, 0.2) is 85.7 Å². The maximum Gasteiger partial charge on any atom is 0.259 e. The minimum atomic E-state index is -3.45. The summed E-state index contributed by atoms with van der Waals surface area (Å²) in [6.45, 7) is 5.89. The van der Waals surface area contributed by atoms with Gasteiger partial charge in [0.15, 0.2) is 0 Å². The Hall–Kier alpha value is -3.95. The van der Waals surface area contributed by atoms with Crippen molar-refractivity contribution in [3.63, 3.8) is 0 Å². The third-order valence-corrected chi connectivity index (χ3v) is 6.57. The molecule has 0 saturated carbocycles. The Labute approximate surface area is 204 Å². The molecule has 2 aromatic heterocycles. The number of imidazole rings is 1. The molecule has 2 N–H and O–H groups in total. The average Bonchev–Trinajstić information content (AvgIpc) is 3.27. The van der Waals surface area contributed by atoms with E-state index in [0.717, 1.165) is 16.9 Å². The van der Waals surface area contributed by atoms with Crippen molar-refractivity contribution >= 4 is 27.3 Å². The first-order valence-corrected chi connectivity index (χ1v) is 12.6. The number of benzene rings is 2. The third kappa shape index (κ3) is 6.14. The maximum atomic E-state index is 12.9. The number of para-hydroxylation sites is 1. The Morgan fingerprint density at radius 2 is 1.89 bits per heavy atom. The van der Waals surface area contributed by atoms with Gasteiger partial charge in [-0.25, -0.2) is 18.1 Å². The van der Waals surface area contributed by atoms with E-state index in [2.05, 4.69) is 21.6 Å². The lowest BCUT2D eigenvalue weighted by Gasteiger charge is -2.11. The molecule has 0 radical (unpaired) electrons. The molecule has 2 aromatic carbocycles. The monoisotopic (exact) mass is 490 g/mol. The first kappa shape index (κ1) is 24.2. The molecular weight excluding hydrogens is 464 g/mol. The van der Waals surface area contributed by atoms with Crippen molar-refractivity contribution in [1.82, 2.24) is 14.1 Å². The molecule has 9 heteroatoms. The summed E-state index contributed by atoms with van der Waals surface area (Å²) in [5, 5.41) is 2.83. The predicted molar refractivity (Wildman–Crippen MR) is 136 cm³/mol. The van der Waals surface area contributed by atoms with E-state index in [4.69, 9.17) is 4.74 Å². The SMILES string of the molecule is C=CCNS(=O)(=O)Cc1ccc(NC(=O)c2ccccc2OCc2cn3cccc(C)c3n2)cc1. The number of aromatic nitrogens is 2. The maximum absolute atomic E-state index is 12.9. The first-order chi connectivity index (χ1) is 16.8. The predicted octanol–water partition coefficient (Wildman–Crippen LogP) is 4.08. The number of carbonyl (C=O) groups is 1. The molecule has 0 aliphatic carbocycles. The van der Waals surface area contributed by atoms with Crippen LogP contribution in [0, 0.1) is 6.92 Å². The van der Waals surface area contributed by atoms with Crippen LogP contribution in [0.1, 0.15) is 27.2 Å². The number of pyridine rings is 1.